The Labute approximate surface area is 140 Å². The average molecular weight is 316 g/mol. The van der Waals surface area contributed by atoms with E-state index in [0.717, 1.165) is 28.2 Å². The maximum Gasteiger partial charge on any atom is 0.134 e. The number of aromatic nitrogens is 1. The highest BCUT2D eigenvalue weighted by Crippen LogP contribution is 2.27. The molecule has 0 saturated heterocycles. The van der Waals surface area contributed by atoms with E-state index >= 15 is 0 Å². The number of hydrogen-bond donors (Lipinski definition) is 0. The number of benzene rings is 2. The number of aryl methyl sites for hydroxylation is 1. The van der Waals surface area contributed by atoms with Crippen LogP contribution in [0, 0.1) is 11.3 Å². The monoisotopic (exact) mass is 316 g/mol. The summed E-state index contributed by atoms with van der Waals surface area (Å²) in [5.41, 5.74) is 4.89. The van der Waals surface area contributed by atoms with E-state index in [1.54, 1.807) is 0 Å². The Morgan fingerprint density at radius 2 is 1.87 bits per heavy atom. The zero-order chi connectivity index (χ0) is 16.1. The van der Waals surface area contributed by atoms with Gasteiger partial charge in [0, 0.05) is 10.9 Å². The van der Waals surface area contributed by atoms with E-state index in [1.165, 1.54) is 16.9 Å². The van der Waals surface area contributed by atoms with Crippen LogP contribution in [0.25, 0.3) is 22.9 Å². The zero-order valence-corrected chi connectivity index (χ0v) is 13.7. The number of rotatable bonds is 4. The van der Waals surface area contributed by atoms with Crippen molar-refractivity contribution < 1.29 is 0 Å². The zero-order valence-electron chi connectivity index (χ0n) is 12.9. The van der Waals surface area contributed by atoms with Gasteiger partial charge in [-0.05, 0) is 23.6 Å². The molecule has 0 aliphatic carbocycles. The maximum atomic E-state index is 9.47. The molecule has 1 heterocycles. The molecule has 0 saturated carbocycles. The van der Waals surface area contributed by atoms with Gasteiger partial charge in [0.2, 0.25) is 0 Å². The summed E-state index contributed by atoms with van der Waals surface area (Å²) >= 11 is 1.50. The van der Waals surface area contributed by atoms with Crippen LogP contribution in [0.15, 0.2) is 60.0 Å². The first kappa shape index (κ1) is 15.2. The summed E-state index contributed by atoms with van der Waals surface area (Å²) < 4.78 is 0. The predicted octanol–water partition coefficient (Wildman–Crippen LogP) is 5.44. The fraction of sp³-hybridized carbons (Fsp3) is 0.100. The summed E-state index contributed by atoms with van der Waals surface area (Å²) in [5.74, 6) is 0. The lowest BCUT2D eigenvalue weighted by atomic mass is 10.1. The first-order valence-electron chi connectivity index (χ1n) is 7.52. The fourth-order valence-electron chi connectivity index (χ4n) is 2.30. The number of thiazole rings is 1. The Balaban J connectivity index is 1.90. The van der Waals surface area contributed by atoms with Crippen LogP contribution in [0.1, 0.15) is 23.1 Å². The molecular weight excluding hydrogens is 300 g/mol. The lowest BCUT2D eigenvalue weighted by molar-refractivity contribution is 1.14. The Bertz CT molecular complexity index is 853. The molecule has 2 aromatic carbocycles. The van der Waals surface area contributed by atoms with Gasteiger partial charge in [-0.25, -0.2) is 4.98 Å². The number of allylic oxidation sites excluding steroid dienone is 1. The van der Waals surface area contributed by atoms with E-state index in [2.05, 4.69) is 30.1 Å². The Hall–Kier alpha value is -2.70. The van der Waals surface area contributed by atoms with E-state index in [-0.39, 0.29) is 0 Å². The summed E-state index contributed by atoms with van der Waals surface area (Å²) in [5, 5.41) is 12.2. The molecule has 2 nitrogen and oxygen atoms in total. The second-order valence-corrected chi connectivity index (χ2v) is 6.03. The van der Waals surface area contributed by atoms with Gasteiger partial charge in [0.25, 0.3) is 0 Å². The minimum Gasteiger partial charge on any atom is -0.235 e. The molecular formula is C20H16N2S. The molecule has 3 heteroatoms. The second kappa shape index (κ2) is 7.04. The second-order valence-electron chi connectivity index (χ2n) is 5.17. The summed E-state index contributed by atoms with van der Waals surface area (Å²) in [6, 6.07) is 20.6. The average Bonchev–Trinajstić information content (AvgIpc) is 3.11. The van der Waals surface area contributed by atoms with E-state index in [0.29, 0.717) is 5.57 Å². The van der Waals surface area contributed by atoms with Crippen molar-refractivity contribution in [3.8, 4) is 17.3 Å². The first-order valence-corrected chi connectivity index (χ1v) is 8.40. The SMILES string of the molecule is CCc1ccc(C=C(C#N)c2nc(-c3ccccc3)cs2)cc1. The Kier molecular flexibility index (Phi) is 4.65. The highest BCUT2D eigenvalue weighted by molar-refractivity contribution is 7.11. The van der Waals surface area contributed by atoms with Gasteiger partial charge >= 0.3 is 0 Å². The van der Waals surface area contributed by atoms with Crippen molar-refractivity contribution in [1.29, 1.82) is 5.26 Å². The largest absolute Gasteiger partial charge is 0.235 e. The van der Waals surface area contributed by atoms with Crippen LogP contribution in [-0.4, -0.2) is 4.98 Å². The first-order chi connectivity index (χ1) is 11.3. The van der Waals surface area contributed by atoms with Crippen LogP contribution in [-0.2, 0) is 6.42 Å². The van der Waals surface area contributed by atoms with Crippen molar-refractivity contribution in [3.05, 3.63) is 76.1 Å². The topological polar surface area (TPSA) is 36.7 Å². The number of hydrogen-bond acceptors (Lipinski definition) is 3. The van der Waals surface area contributed by atoms with E-state index in [1.807, 2.05) is 53.9 Å². The van der Waals surface area contributed by atoms with Crippen LogP contribution >= 0.6 is 11.3 Å². The molecule has 0 aliphatic rings. The van der Waals surface area contributed by atoms with E-state index in [9.17, 15) is 5.26 Å². The molecule has 0 fully saturated rings. The molecule has 0 unspecified atom stereocenters. The van der Waals surface area contributed by atoms with Gasteiger partial charge in [-0.2, -0.15) is 5.26 Å². The van der Waals surface area contributed by atoms with E-state index < -0.39 is 0 Å². The van der Waals surface area contributed by atoms with Gasteiger partial charge < -0.3 is 0 Å². The molecule has 0 amide bonds. The van der Waals surface area contributed by atoms with Crippen molar-refractivity contribution in [2.45, 2.75) is 13.3 Å². The minimum atomic E-state index is 0.599. The van der Waals surface area contributed by atoms with Crippen molar-refractivity contribution in [1.82, 2.24) is 4.98 Å². The van der Waals surface area contributed by atoms with Gasteiger partial charge in [0.1, 0.15) is 11.1 Å². The van der Waals surface area contributed by atoms with Crippen molar-refractivity contribution in [2.24, 2.45) is 0 Å². The molecule has 0 aliphatic heterocycles. The number of nitrogens with zero attached hydrogens (tertiary/aromatic N) is 2. The molecule has 0 radical (unpaired) electrons. The quantitative estimate of drug-likeness (QED) is 0.601. The lowest BCUT2D eigenvalue weighted by Gasteiger charge is -1.99. The highest BCUT2D eigenvalue weighted by Gasteiger charge is 2.08. The molecule has 112 valence electrons. The molecule has 0 atom stereocenters. The van der Waals surface area contributed by atoms with Gasteiger partial charge in [-0.15, -0.1) is 11.3 Å². The van der Waals surface area contributed by atoms with Crippen molar-refractivity contribution >= 4 is 23.0 Å². The standard InChI is InChI=1S/C20H16N2S/c1-2-15-8-10-16(11-9-15)12-18(13-21)20-22-19(14-23-20)17-6-4-3-5-7-17/h3-12,14H,2H2,1H3. The number of nitriles is 1. The van der Waals surface area contributed by atoms with E-state index in [4.69, 9.17) is 0 Å². The van der Waals surface area contributed by atoms with Gasteiger partial charge in [0.05, 0.1) is 11.3 Å². The summed E-state index contributed by atoms with van der Waals surface area (Å²) in [7, 11) is 0. The van der Waals surface area contributed by atoms with Crippen LogP contribution in [0.5, 0.6) is 0 Å². The lowest BCUT2D eigenvalue weighted by Crippen LogP contribution is -1.84. The molecule has 3 aromatic rings. The highest BCUT2D eigenvalue weighted by atomic mass is 32.1. The molecule has 3 rings (SSSR count). The third kappa shape index (κ3) is 3.56. The summed E-state index contributed by atoms with van der Waals surface area (Å²) in [4.78, 5) is 4.61. The Morgan fingerprint density at radius 3 is 2.52 bits per heavy atom. The molecule has 1 aromatic heterocycles. The molecule has 0 bridgehead atoms. The Morgan fingerprint density at radius 1 is 1.13 bits per heavy atom. The van der Waals surface area contributed by atoms with Gasteiger partial charge in [-0.3, -0.25) is 0 Å². The third-order valence-electron chi connectivity index (χ3n) is 3.62. The molecule has 0 spiro atoms. The van der Waals surface area contributed by atoms with Crippen LogP contribution < -0.4 is 0 Å². The normalized spacial score (nSPS) is 11.2. The van der Waals surface area contributed by atoms with Crippen molar-refractivity contribution in [2.75, 3.05) is 0 Å². The molecule has 23 heavy (non-hydrogen) atoms. The van der Waals surface area contributed by atoms with Crippen LogP contribution in [0.3, 0.4) is 0 Å². The fourth-order valence-corrected chi connectivity index (χ4v) is 3.09. The predicted molar refractivity (Wildman–Crippen MR) is 96.9 cm³/mol. The smallest absolute Gasteiger partial charge is 0.134 e. The van der Waals surface area contributed by atoms with Gasteiger partial charge in [0.15, 0.2) is 0 Å². The summed E-state index contributed by atoms with van der Waals surface area (Å²) in [6.07, 6.45) is 2.91. The maximum absolute atomic E-state index is 9.47. The third-order valence-corrected chi connectivity index (χ3v) is 4.50. The minimum absolute atomic E-state index is 0.599. The van der Waals surface area contributed by atoms with Crippen LogP contribution in [0.4, 0.5) is 0 Å². The van der Waals surface area contributed by atoms with Crippen LogP contribution in [0.2, 0.25) is 0 Å². The van der Waals surface area contributed by atoms with Crippen molar-refractivity contribution in [3.63, 3.8) is 0 Å². The molecule has 0 N–H and O–H groups in total. The summed E-state index contributed by atoms with van der Waals surface area (Å²) in [6.45, 7) is 2.13. The van der Waals surface area contributed by atoms with Gasteiger partial charge in [-0.1, -0.05) is 61.5 Å².